The van der Waals surface area contributed by atoms with Crippen molar-refractivity contribution in [1.82, 2.24) is 0 Å². The molecule has 0 spiro atoms. The number of esters is 1. The zero-order valence-corrected chi connectivity index (χ0v) is 17.3. The van der Waals surface area contributed by atoms with E-state index in [1.807, 2.05) is 6.92 Å². The minimum Gasteiger partial charge on any atom is -0.453 e. The second-order valence-corrected chi connectivity index (χ2v) is 10.2. The highest BCUT2D eigenvalue weighted by Gasteiger charge is 2.66. The molecule has 0 unspecified atom stereocenters. The predicted octanol–water partition coefficient (Wildman–Crippen LogP) is 4.26. The molecule has 0 radical (unpaired) electrons. The highest BCUT2D eigenvalue weighted by molar-refractivity contribution is 5.67. The van der Waals surface area contributed by atoms with Crippen LogP contribution >= 0.6 is 0 Å². The Morgan fingerprint density at radius 3 is 2.46 bits per heavy atom. The predicted molar refractivity (Wildman–Crippen MR) is 102 cm³/mol. The van der Waals surface area contributed by atoms with Crippen molar-refractivity contribution < 1.29 is 19.4 Å². The highest BCUT2D eigenvalue weighted by atomic mass is 16.6. The van der Waals surface area contributed by atoms with E-state index in [1.54, 1.807) is 6.08 Å². The van der Waals surface area contributed by atoms with Gasteiger partial charge in [0.2, 0.25) is 0 Å². The molecule has 4 heteroatoms. The van der Waals surface area contributed by atoms with Crippen molar-refractivity contribution in [2.75, 3.05) is 0 Å². The molecule has 3 fully saturated rings. The molecular weight excluding hydrogens is 328 g/mol. The van der Waals surface area contributed by atoms with Gasteiger partial charge >= 0.3 is 5.97 Å². The monoisotopic (exact) mass is 364 g/mol. The fourth-order valence-corrected chi connectivity index (χ4v) is 6.64. The second kappa shape index (κ2) is 6.07. The van der Waals surface area contributed by atoms with E-state index in [1.165, 1.54) is 6.92 Å². The lowest BCUT2D eigenvalue weighted by Gasteiger charge is -2.61. The molecule has 1 aliphatic heterocycles. The van der Waals surface area contributed by atoms with Crippen molar-refractivity contribution in [2.45, 2.75) is 97.1 Å². The molecule has 26 heavy (non-hydrogen) atoms. The van der Waals surface area contributed by atoms with Crippen LogP contribution < -0.4 is 0 Å². The number of ether oxygens (including phenoxy) is 2. The lowest BCUT2D eigenvalue weighted by Crippen LogP contribution is -2.61. The molecule has 0 bridgehead atoms. The van der Waals surface area contributed by atoms with Gasteiger partial charge in [0, 0.05) is 12.3 Å². The normalized spacial score (nSPS) is 46.6. The van der Waals surface area contributed by atoms with Crippen molar-refractivity contribution in [2.24, 2.45) is 22.7 Å². The first-order chi connectivity index (χ1) is 11.9. The number of fused-ring (bicyclic) bond motifs is 3. The third-order valence-corrected chi connectivity index (χ3v) is 8.16. The SMILES string of the molecule is C=C[C@@](C)(OC(C)=O)[C@@H]1C[C@@H]2[C@@]3(C)[C@@H](O)CCC(C)(C)[C@@H]3CC[C@@]2(C)O1. The lowest BCUT2D eigenvalue weighted by molar-refractivity contribution is -0.206. The van der Waals surface area contributed by atoms with E-state index in [4.69, 9.17) is 9.47 Å². The molecule has 4 nitrogen and oxygen atoms in total. The molecule has 148 valence electrons. The van der Waals surface area contributed by atoms with Crippen LogP contribution in [0.4, 0.5) is 0 Å². The molecule has 0 amide bonds. The number of hydrogen-bond donors (Lipinski definition) is 1. The Kier molecular flexibility index (Phi) is 4.64. The quantitative estimate of drug-likeness (QED) is 0.601. The average molecular weight is 365 g/mol. The topological polar surface area (TPSA) is 55.8 Å². The van der Waals surface area contributed by atoms with Crippen LogP contribution in [0.5, 0.6) is 0 Å². The highest BCUT2D eigenvalue weighted by Crippen LogP contribution is 2.66. The Labute approximate surface area is 158 Å². The number of carbonyl (C=O) groups excluding carboxylic acids is 1. The van der Waals surface area contributed by atoms with Crippen LogP contribution in [0.25, 0.3) is 0 Å². The summed E-state index contributed by atoms with van der Waals surface area (Å²) in [5, 5.41) is 11.1. The van der Waals surface area contributed by atoms with E-state index < -0.39 is 5.60 Å². The van der Waals surface area contributed by atoms with Gasteiger partial charge in [0.1, 0.15) is 6.10 Å². The minimum atomic E-state index is -0.840. The van der Waals surface area contributed by atoms with E-state index in [2.05, 4.69) is 34.3 Å². The van der Waals surface area contributed by atoms with Gasteiger partial charge in [0.25, 0.3) is 0 Å². The van der Waals surface area contributed by atoms with Gasteiger partial charge in [-0.3, -0.25) is 4.79 Å². The standard InChI is InChI=1S/C22H36O4/c1-8-20(5,25-14(2)23)18-13-16-21(6,26-18)12-9-15-19(3,4)11-10-17(24)22(15,16)7/h8,15-18,24H,1,9-13H2,2-7H3/t15-,16-,17-,18-,20+,21+,22-/m0/s1. The minimum absolute atomic E-state index is 0.179. The zero-order chi connectivity index (χ0) is 19.5. The van der Waals surface area contributed by atoms with E-state index in [0.717, 1.165) is 32.1 Å². The summed E-state index contributed by atoms with van der Waals surface area (Å²) in [4.78, 5) is 11.6. The molecule has 2 saturated carbocycles. The Bertz CT molecular complexity index is 599. The first kappa shape index (κ1) is 19.9. The molecule has 1 N–H and O–H groups in total. The van der Waals surface area contributed by atoms with Crippen LogP contribution in [0.3, 0.4) is 0 Å². The summed E-state index contributed by atoms with van der Waals surface area (Å²) >= 11 is 0. The number of carbonyl (C=O) groups is 1. The Balaban J connectivity index is 1.97. The molecule has 0 aromatic heterocycles. The summed E-state index contributed by atoms with van der Waals surface area (Å²) in [5.41, 5.74) is -1.09. The molecule has 2 aliphatic carbocycles. The van der Waals surface area contributed by atoms with Gasteiger partial charge < -0.3 is 14.6 Å². The van der Waals surface area contributed by atoms with Crippen LogP contribution in [0, 0.1) is 22.7 Å². The van der Waals surface area contributed by atoms with E-state index >= 15 is 0 Å². The Morgan fingerprint density at radius 2 is 1.88 bits per heavy atom. The lowest BCUT2D eigenvalue weighted by atomic mass is 9.44. The van der Waals surface area contributed by atoms with E-state index in [9.17, 15) is 9.90 Å². The second-order valence-electron chi connectivity index (χ2n) is 10.2. The third-order valence-electron chi connectivity index (χ3n) is 8.16. The van der Waals surface area contributed by atoms with Gasteiger partial charge in [-0.15, -0.1) is 0 Å². The van der Waals surface area contributed by atoms with Crippen molar-refractivity contribution in [3.05, 3.63) is 12.7 Å². The Morgan fingerprint density at radius 1 is 1.23 bits per heavy atom. The molecule has 7 atom stereocenters. The van der Waals surface area contributed by atoms with Crippen molar-refractivity contribution in [1.29, 1.82) is 0 Å². The van der Waals surface area contributed by atoms with Crippen LogP contribution in [0.15, 0.2) is 12.7 Å². The molecule has 1 saturated heterocycles. The smallest absolute Gasteiger partial charge is 0.303 e. The molecule has 1 heterocycles. The zero-order valence-electron chi connectivity index (χ0n) is 17.3. The average Bonchev–Trinajstić information content (AvgIpc) is 2.90. The maximum absolute atomic E-state index is 11.6. The van der Waals surface area contributed by atoms with Gasteiger partial charge in [-0.05, 0) is 69.3 Å². The molecular formula is C22H36O4. The summed E-state index contributed by atoms with van der Waals surface area (Å²) in [6.45, 7) is 16.4. The molecule has 0 aromatic carbocycles. The Hall–Kier alpha value is -0.870. The summed E-state index contributed by atoms with van der Waals surface area (Å²) in [6.07, 6.45) is 5.91. The largest absolute Gasteiger partial charge is 0.453 e. The fourth-order valence-electron chi connectivity index (χ4n) is 6.64. The number of hydrogen-bond acceptors (Lipinski definition) is 4. The number of aliphatic hydroxyl groups is 1. The number of aliphatic hydroxyl groups excluding tert-OH is 1. The summed E-state index contributed by atoms with van der Waals surface area (Å²) in [6, 6.07) is 0. The van der Waals surface area contributed by atoms with Crippen LogP contribution in [0.2, 0.25) is 0 Å². The van der Waals surface area contributed by atoms with Crippen molar-refractivity contribution >= 4 is 5.97 Å². The third kappa shape index (κ3) is 2.75. The van der Waals surface area contributed by atoms with Gasteiger partial charge in [-0.25, -0.2) is 0 Å². The molecule has 3 rings (SSSR count). The maximum atomic E-state index is 11.6. The summed E-state index contributed by atoms with van der Waals surface area (Å²) < 4.78 is 12.2. The van der Waals surface area contributed by atoms with Gasteiger partial charge in [0.05, 0.1) is 11.7 Å². The van der Waals surface area contributed by atoms with Crippen molar-refractivity contribution in [3.8, 4) is 0 Å². The van der Waals surface area contributed by atoms with Crippen LogP contribution in [-0.2, 0) is 14.3 Å². The van der Waals surface area contributed by atoms with E-state index in [0.29, 0.717) is 5.92 Å². The fraction of sp³-hybridized carbons (Fsp3) is 0.864. The summed E-state index contributed by atoms with van der Waals surface area (Å²) in [5.74, 6) is 0.394. The van der Waals surface area contributed by atoms with Gasteiger partial charge in [0.15, 0.2) is 5.60 Å². The maximum Gasteiger partial charge on any atom is 0.303 e. The van der Waals surface area contributed by atoms with Crippen LogP contribution in [-0.4, -0.2) is 34.5 Å². The first-order valence-electron chi connectivity index (χ1n) is 10.1. The number of rotatable bonds is 3. The van der Waals surface area contributed by atoms with Crippen LogP contribution in [0.1, 0.15) is 73.6 Å². The van der Waals surface area contributed by atoms with Crippen molar-refractivity contribution in [3.63, 3.8) is 0 Å². The first-order valence-corrected chi connectivity index (χ1v) is 10.1. The summed E-state index contributed by atoms with van der Waals surface area (Å²) in [7, 11) is 0. The van der Waals surface area contributed by atoms with Gasteiger partial charge in [-0.2, -0.15) is 0 Å². The van der Waals surface area contributed by atoms with E-state index in [-0.39, 0.29) is 40.5 Å². The van der Waals surface area contributed by atoms with Gasteiger partial charge in [-0.1, -0.05) is 27.4 Å². The molecule has 3 aliphatic rings. The molecule has 0 aromatic rings.